The van der Waals surface area contributed by atoms with Crippen molar-refractivity contribution in [3.05, 3.63) is 0 Å². The summed E-state index contributed by atoms with van der Waals surface area (Å²) < 4.78 is 0. The van der Waals surface area contributed by atoms with E-state index in [1.165, 1.54) is 0 Å². The van der Waals surface area contributed by atoms with Crippen LogP contribution in [0.2, 0.25) is 0 Å². The molecular weight excluding hydrogens is 532 g/mol. The Morgan fingerprint density at radius 2 is 0.512 bits per heavy atom. The Morgan fingerprint density at radius 3 is 0.512 bits per heavy atom. The zero-order valence-electron chi connectivity index (χ0n) is 24.9. The SMILES string of the molecule is C.C.C.C.C.C.CC.CC.CC.CC.CCC(=O)O.CCC(=O)O.CCC(=O)O.CCC(=O)O.CCC(C)C(=O)O. The molecule has 0 radical (unpaired) electrons. The van der Waals surface area contributed by atoms with Gasteiger partial charge in [0.2, 0.25) is 0 Å². The van der Waals surface area contributed by atoms with Crippen molar-refractivity contribution < 1.29 is 49.5 Å². The van der Waals surface area contributed by atoms with Gasteiger partial charge in [-0.15, -0.1) is 0 Å². The number of carboxylic acids is 5. The van der Waals surface area contributed by atoms with E-state index in [1.807, 2.05) is 62.3 Å². The number of aliphatic carboxylic acids is 5. The van der Waals surface area contributed by atoms with Gasteiger partial charge >= 0.3 is 29.8 Å². The lowest BCUT2D eigenvalue weighted by atomic mass is 10.1. The second kappa shape index (κ2) is 119. The Morgan fingerprint density at radius 1 is 0.415 bits per heavy atom. The fraction of sp³-hybridized carbons (Fsp3) is 0.839. The van der Waals surface area contributed by atoms with Crippen molar-refractivity contribution in [3.63, 3.8) is 0 Å². The third-order valence-electron chi connectivity index (χ3n) is 2.24. The monoisotopic (exact) mass is 615 g/mol. The minimum atomic E-state index is -0.745. The summed E-state index contributed by atoms with van der Waals surface area (Å²) >= 11 is 0. The van der Waals surface area contributed by atoms with E-state index in [0.717, 1.165) is 6.42 Å². The molecule has 0 amide bonds. The molecule has 0 saturated carbocycles. The van der Waals surface area contributed by atoms with Gasteiger partial charge in [0.05, 0.1) is 5.92 Å². The van der Waals surface area contributed by atoms with Crippen molar-refractivity contribution in [3.8, 4) is 0 Å². The first-order valence-electron chi connectivity index (χ1n) is 12.4. The summed E-state index contributed by atoms with van der Waals surface area (Å²) in [5, 5.41) is 39.1. The third kappa shape index (κ3) is 362. The molecule has 0 aromatic heterocycles. The van der Waals surface area contributed by atoms with Gasteiger partial charge in [0.15, 0.2) is 0 Å². The van der Waals surface area contributed by atoms with Crippen molar-refractivity contribution in [1.82, 2.24) is 0 Å². The van der Waals surface area contributed by atoms with Gasteiger partial charge in [-0.1, -0.05) is 141 Å². The summed E-state index contributed by atoms with van der Waals surface area (Å²) in [4.78, 5) is 47.4. The van der Waals surface area contributed by atoms with Gasteiger partial charge in [-0.2, -0.15) is 0 Å². The van der Waals surface area contributed by atoms with Crippen LogP contribution in [0.4, 0.5) is 0 Å². The molecule has 0 fully saturated rings. The van der Waals surface area contributed by atoms with Gasteiger partial charge in [-0.25, -0.2) is 0 Å². The van der Waals surface area contributed by atoms with Crippen LogP contribution in [0.15, 0.2) is 0 Å². The summed E-state index contributed by atoms with van der Waals surface area (Å²) in [6.07, 6.45) is 1.61. The molecule has 0 rings (SSSR count). The predicted molar refractivity (Wildman–Crippen MR) is 185 cm³/mol. The number of hydrogen-bond donors (Lipinski definition) is 5. The molecule has 0 bridgehead atoms. The van der Waals surface area contributed by atoms with Crippen molar-refractivity contribution >= 4 is 29.8 Å². The first-order valence-corrected chi connectivity index (χ1v) is 12.4. The number of carboxylic acid groups (broad SMARTS) is 5. The van der Waals surface area contributed by atoms with Gasteiger partial charge in [-0.05, 0) is 6.42 Å². The largest absolute Gasteiger partial charge is 0.481 e. The van der Waals surface area contributed by atoms with Gasteiger partial charge in [0, 0.05) is 25.7 Å². The number of rotatable bonds is 6. The van der Waals surface area contributed by atoms with E-state index in [1.54, 1.807) is 34.6 Å². The Labute approximate surface area is 259 Å². The Bertz CT molecular complexity index is 356. The van der Waals surface area contributed by atoms with E-state index in [9.17, 15) is 24.0 Å². The maximum absolute atomic E-state index is 9.93. The molecule has 5 N–H and O–H groups in total. The highest BCUT2D eigenvalue weighted by atomic mass is 16.4. The van der Waals surface area contributed by atoms with E-state index >= 15 is 0 Å². The lowest BCUT2D eigenvalue weighted by molar-refractivity contribution is -0.141. The second-order valence-electron chi connectivity index (χ2n) is 4.64. The molecule has 0 aromatic rings. The van der Waals surface area contributed by atoms with Crippen LogP contribution in [0.1, 0.15) is 174 Å². The summed E-state index contributed by atoms with van der Waals surface area (Å²) in [5.74, 6) is -3.87. The highest BCUT2D eigenvalue weighted by molar-refractivity contribution is 5.69. The lowest BCUT2D eigenvalue weighted by Gasteiger charge is -1.96. The summed E-state index contributed by atoms with van der Waals surface area (Å²) in [6.45, 7) is 26.0. The predicted octanol–water partition coefficient (Wildman–Crippen LogP) is 11.0. The van der Waals surface area contributed by atoms with Crippen LogP contribution >= 0.6 is 0 Å². The van der Waals surface area contributed by atoms with Crippen molar-refractivity contribution in [2.45, 2.75) is 174 Å². The first kappa shape index (κ1) is 98.1. The molecule has 0 aliphatic heterocycles. The standard InChI is InChI=1S/C5H10O2.4C3H6O2.4C2H6.6CH4/c1-3-4(2)5(6)7;4*1-2-3(4)5;4*1-2;;;;;;/h4H,3H2,1-2H3,(H,6,7);4*2H2,1H3,(H,4,5);4*1-2H3;6*1H4. The quantitative estimate of drug-likeness (QED) is 0.192. The van der Waals surface area contributed by atoms with E-state index in [4.69, 9.17) is 25.5 Å². The van der Waals surface area contributed by atoms with Gasteiger partial charge in [0.1, 0.15) is 0 Å². The summed E-state index contributed by atoms with van der Waals surface area (Å²) in [5.41, 5.74) is 0. The van der Waals surface area contributed by atoms with E-state index in [2.05, 4.69) is 0 Å². The van der Waals surface area contributed by atoms with Crippen LogP contribution in [0.3, 0.4) is 0 Å². The molecule has 1 atom stereocenters. The highest BCUT2D eigenvalue weighted by Gasteiger charge is 2.05. The van der Waals surface area contributed by atoms with Crippen molar-refractivity contribution in [2.24, 2.45) is 5.92 Å². The van der Waals surface area contributed by atoms with E-state index < -0.39 is 29.8 Å². The Hall–Kier alpha value is -2.65. The number of carbonyl (C=O) groups is 5. The lowest BCUT2D eigenvalue weighted by Crippen LogP contribution is -2.06. The minimum Gasteiger partial charge on any atom is -0.481 e. The molecule has 0 saturated heterocycles. The van der Waals surface area contributed by atoms with Crippen LogP contribution in [0.5, 0.6) is 0 Å². The topological polar surface area (TPSA) is 186 Å². The fourth-order valence-electron chi connectivity index (χ4n) is 0.175. The summed E-state index contributed by atoms with van der Waals surface area (Å²) in [6, 6.07) is 0. The average molecular weight is 615 g/mol. The molecule has 0 spiro atoms. The van der Waals surface area contributed by atoms with Gasteiger partial charge in [-0.3, -0.25) is 24.0 Å². The average Bonchev–Trinajstić information content (AvgIpc) is 2.89. The molecule has 0 heterocycles. The molecule has 10 nitrogen and oxygen atoms in total. The maximum Gasteiger partial charge on any atom is 0.306 e. The zero-order chi connectivity index (χ0) is 31.0. The van der Waals surface area contributed by atoms with Gasteiger partial charge < -0.3 is 25.5 Å². The van der Waals surface area contributed by atoms with Crippen molar-refractivity contribution in [1.29, 1.82) is 0 Å². The van der Waals surface area contributed by atoms with Crippen molar-refractivity contribution in [2.75, 3.05) is 0 Å². The van der Waals surface area contributed by atoms with Crippen LogP contribution in [-0.2, 0) is 24.0 Å². The van der Waals surface area contributed by atoms with Crippen LogP contribution in [0.25, 0.3) is 0 Å². The van der Waals surface area contributed by atoms with E-state index in [-0.39, 0.29) is 76.2 Å². The molecule has 41 heavy (non-hydrogen) atoms. The van der Waals surface area contributed by atoms with E-state index in [0.29, 0.717) is 0 Å². The molecule has 0 aromatic carbocycles. The highest BCUT2D eigenvalue weighted by Crippen LogP contribution is 1.97. The maximum atomic E-state index is 9.93. The minimum absolute atomic E-state index is 0. The van der Waals surface area contributed by atoms with Crippen LogP contribution < -0.4 is 0 Å². The Kier molecular flexibility index (Phi) is 285. The molecule has 1 unspecified atom stereocenters. The summed E-state index contributed by atoms with van der Waals surface area (Å²) in [7, 11) is 0. The molecular formula is C31H82O10. The third-order valence-corrected chi connectivity index (χ3v) is 2.24. The Balaban J connectivity index is -0.0000000145. The second-order valence-corrected chi connectivity index (χ2v) is 4.64. The first-order chi connectivity index (χ1) is 16.3. The molecule has 10 heteroatoms. The number of hydrogen-bond acceptors (Lipinski definition) is 5. The van der Waals surface area contributed by atoms with Crippen LogP contribution in [0, 0.1) is 5.92 Å². The smallest absolute Gasteiger partial charge is 0.306 e. The fourth-order valence-corrected chi connectivity index (χ4v) is 0.175. The van der Waals surface area contributed by atoms with Crippen LogP contribution in [-0.4, -0.2) is 55.4 Å². The molecule has 0 aliphatic carbocycles. The van der Waals surface area contributed by atoms with Gasteiger partial charge in [0.25, 0.3) is 0 Å². The molecule has 266 valence electrons. The normalized spacial score (nSPS) is 6.49. The molecule has 0 aliphatic rings. The zero-order valence-corrected chi connectivity index (χ0v) is 24.9.